The van der Waals surface area contributed by atoms with E-state index in [0.29, 0.717) is 16.1 Å². The fourth-order valence-electron chi connectivity index (χ4n) is 1.95. The van der Waals surface area contributed by atoms with Gasteiger partial charge in [0.1, 0.15) is 5.82 Å². The van der Waals surface area contributed by atoms with E-state index in [2.05, 4.69) is 5.32 Å². The van der Waals surface area contributed by atoms with Crippen molar-refractivity contribution in [3.63, 3.8) is 0 Å². The summed E-state index contributed by atoms with van der Waals surface area (Å²) in [7, 11) is 0. The molecule has 0 spiro atoms. The van der Waals surface area contributed by atoms with Crippen LogP contribution in [0.5, 0.6) is 0 Å². The Hall–Kier alpha value is -1.10. The Labute approximate surface area is 103 Å². The Balaban J connectivity index is 2.57. The molecule has 17 heavy (non-hydrogen) atoms. The van der Waals surface area contributed by atoms with E-state index in [1.807, 2.05) is 13.8 Å². The largest absolute Gasteiger partial charge is 0.375 e. The van der Waals surface area contributed by atoms with Crippen molar-refractivity contribution < 1.29 is 13.2 Å². The van der Waals surface area contributed by atoms with Crippen LogP contribution in [0.2, 0.25) is 0 Å². The first-order chi connectivity index (χ1) is 7.81. The van der Waals surface area contributed by atoms with Crippen LogP contribution in [0.25, 0.3) is 0 Å². The lowest BCUT2D eigenvalue weighted by atomic mass is 9.87. The highest BCUT2D eigenvalue weighted by atomic mass is 32.1. The second kappa shape index (κ2) is 3.98. The van der Waals surface area contributed by atoms with E-state index in [1.165, 1.54) is 6.07 Å². The third-order valence-electron chi connectivity index (χ3n) is 2.97. The molecule has 1 aliphatic rings. The number of anilines is 1. The maximum absolute atomic E-state index is 13.3. The minimum atomic E-state index is -2.69. The summed E-state index contributed by atoms with van der Waals surface area (Å²) in [4.78, 5) is 0.651. The number of halogens is 3. The molecular weight excluding hydrogens is 247 g/mol. The second-order valence-corrected chi connectivity index (χ2v) is 5.16. The molecule has 0 unspecified atom stereocenters. The molecule has 92 valence electrons. The lowest BCUT2D eigenvalue weighted by Crippen LogP contribution is -2.44. The predicted octanol–water partition coefficient (Wildman–Crippen LogP) is 3.88. The number of thiocarbonyl (C=S) groups is 1. The van der Waals surface area contributed by atoms with Gasteiger partial charge in [-0.1, -0.05) is 12.2 Å². The molecule has 5 heteroatoms. The van der Waals surface area contributed by atoms with Crippen LogP contribution in [0.4, 0.5) is 18.9 Å². The Bertz CT molecular complexity index is 483. The summed E-state index contributed by atoms with van der Waals surface area (Å²) in [5.41, 5.74) is 0.0742. The lowest BCUT2D eigenvalue weighted by molar-refractivity contribution is 0.150. The van der Waals surface area contributed by atoms with Crippen LogP contribution in [-0.2, 0) is 6.42 Å². The van der Waals surface area contributed by atoms with Crippen molar-refractivity contribution in [3.05, 3.63) is 29.1 Å². The number of alkyl halides is 2. The molecule has 1 nitrogen and oxygen atoms in total. The lowest BCUT2D eigenvalue weighted by Gasteiger charge is -2.35. The summed E-state index contributed by atoms with van der Waals surface area (Å²) in [6.45, 7) is 3.70. The highest BCUT2D eigenvalue weighted by Gasteiger charge is 2.32. The average molecular weight is 259 g/mol. The van der Waals surface area contributed by atoms with Gasteiger partial charge in [-0.15, -0.1) is 0 Å². The van der Waals surface area contributed by atoms with Gasteiger partial charge in [0.05, 0.1) is 5.54 Å². The topological polar surface area (TPSA) is 12.0 Å². The van der Waals surface area contributed by atoms with Gasteiger partial charge in [-0.3, -0.25) is 0 Å². The predicted molar refractivity (Wildman–Crippen MR) is 65.4 cm³/mol. The first-order valence-corrected chi connectivity index (χ1v) is 5.64. The first-order valence-electron chi connectivity index (χ1n) is 5.23. The molecule has 1 aliphatic heterocycles. The summed E-state index contributed by atoms with van der Waals surface area (Å²) in [5, 5.41) is 3.01. The number of hydrogen-bond donors (Lipinski definition) is 1. The van der Waals surface area contributed by atoms with Crippen molar-refractivity contribution in [1.29, 1.82) is 0 Å². The minimum absolute atomic E-state index is 0.273. The van der Waals surface area contributed by atoms with Crippen LogP contribution < -0.4 is 5.32 Å². The molecule has 1 aromatic carbocycles. The Morgan fingerprint density at radius 3 is 2.59 bits per heavy atom. The van der Waals surface area contributed by atoms with E-state index in [1.54, 1.807) is 0 Å². The average Bonchev–Trinajstić information content (AvgIpc) is 2.18. The van der Waals surface area contributed by atoms with Crippen molar-refractivity contribution in [3.8, 4) is 0 Å². The summed E-state index contributed by atoms with van der Waals surface area (Å²) >= 11 is 5.20. The van der Waals surface area contributed by atoms with E-state index in [4.69, 9.17) is 12.2 Å². The molecule has 1 N–H and O–H groups in total. The van der Waals surface area contributed by atoms with Gasteiger partial charge in [0.2, 0.25) is 0 Å². The quantitative estimate of drug-likeness (QED) is 0.768. The van der Waals surface area contributed by atoms with Gasteiger partial charge in [0.25, 0.3) is 6.43 Å². The summed E-state index contributed by atoms with van der Waals surface area (Å²) in [5.74, 6) is -0.657. The third-order valence-corrected chi connectivity index (χ3v) is 3.62. The van der Waals surface area contributed by atoms with E-state index >= 15 is 0 Å². The highest BCUT2D eigenvalue weighted by Crippen LogP contribution is 2.36. The van der Waals surface area contributed by atoms with Crippen LogP contribution in [-0.4, -0.2) is 10.4 Å². The van der Waals surface area contributed by atoms with Crippen LogP contribution in [0.1, 0.15) is 31.4 Å². The van der Waals surface area contributed by atoms with Crippen molar-refractivity contribution in [2.75, 3.05) is 5.32 Å². The van der Waals surface area contributed by atoms with E-state index in [9.17, 15) is 13.2 Å². The summed E-state index contributed by atoms with van der Waals surface area (Å²) < 4.78 is 38.9. The van der Waals surface area contributed by atoms with Crippen LogP contribution in [0.3, 0.4) is 0 Å². The van der Waals surface area contributed by atoms with Crippen molar-refractivity contribution in [2.24, 2.45) is 0 Å². The van der Waals surface area contributed by atoms with Gasteiger partial charge in [-0.05, 0) is 31.5 Å². The van der Waals surface area contributed by atoms with Crippen molar-refractivity contribution in [1.82, 2.24) is 0 Å². The standard InChI is InChI=1S/C12H12F3NS/c1-12(2)10(17)5-7-8(11(14)15)3-6(13)4-9(7)16-12/h3-4,11,16H,5H2,1-2H3. The normalized spacial score (nSPS) is 17.9. The Kier molecular flexibility index (Phi) is 2.89. The minimum Gasteiger partial charge on any atom is -0.375 e. The number of hydrogen-bond acceptors (Lipinski definition) is 2. The maximum atomic E-state index is 13.3. The number of nitrogens with one attached hydrogen (secondary N) is 1. The zero-order chi connectivity index (χ0) is 12.8. The van der Waals surface area contributed by atoms with Crippen molar-refractivity contribution >= 4 is 22.8 Å². The second-order valence-electron chi connectivity index (χ2n) is 4.67. The maximum Gasteiger partial charge on any atom is 0.264 e. The van der Waals surface area contributed by atoms with Gasteiger partial charge >= 0.3 is 0 Å². The molecule has 0 fully saturated rings. The molecule has 0 saturated carbocycles. The number of rotatable bonds is 1. The SMILES string of the molecule is CC1(C)Nc2cc(F)cc(C(F)F)c2CC1=S. The molecule has 1 heterocycles. The van der Waals surface area contributed by atoms with Gasteiger partial charge in [0.15, 0.2) is 0 Å². The highest BCUT2D eigenvalue weighted by molar-refractivity contribution is 7.80. The van der Waals surface area contributed by atoms with E-state index < -0.39 is 17.8 Å². The van der Waals surface area contributed by atoms with Gasteiger partial charge < -0.3 is 5.32 Å². The van der Waals surface area contributed by atoms with Crippen LogP contribution in [0.15, 0.2) is 12.1 Å². The van der Waals surface area contributed by atoms with Gasteiger partial charge in [-0.25, -0.2) is 13.2 Å². The number of benzene rings is 1. The van der Waals surface area contributed by atoms with Gasteiger partial charge in [-0.2, -0.15) is 0 Å². The fraction of sp³-hybridized carbons (Fsp3) is 0.417. The van der Waals surface area contributed by atoms with Crippen LogP contribution >= 0.6 is 12.2 Å². The van der Waals surface area contributed by atoms with Crippen molar-refractivity contribution in [2.45, 2.75) is 32.2 Å². The van der Waals surface area contributed by atoms with Gasteiger partial charge in [0, 0.05) is 22.5 Å². The molecule has 0 amide bonds. The fourth-order valence-corrected chi connectivity index (χ4v) is 2.14. The molecule has 0 aromatic heterocycles. The molecular formula is C12H12F3NS. The van der Waals surface area contributed by atoms with Crippen LogP contribution in [0, 0.1) is 5.82 Å². The zero-order valence-corrected chi connectivity index (χ0v) is 10.3. The number of fused-ring (bicyclic) bond motifs is 1. The Morgan fingerprint density at radius 2 is 2.00 bits per heavy atom. The molecule has 0 atom stereocenters. The summed E-state index contributed by atoms with van der Waals surface area (Å²) in [6.07, 6.45) is -2.41. The molecule has 0 aliphatic carbocycles. The molecule has 1 aromatic rings. The Morgan fingerprint density at radius 1 is 1.35 bits per heavy atom. The third kappa shape index (κ3) is 2.16. The molecule has 0 bridgehead atoms. The monoisotopic (exact) mass is 259 g/mol. The molecule has 0 saturated heterocycles. The first kappa shape index (κ1) is 12.4. The van der Waals surface area contributed by atoms with E-state index in [-0.39, 0.29) is 12.0 Å². The smallest absolute Gasteiger partial charge is 0.264 e. The zero-order valence-electron chi connectivity index (χ0n) is 9.48. The van der Waals surface area contributed by atoms with E-state index in [0.717, 1.165) is 6.07 Å². The molecule has 0 radical (unpaired) electrons. The molecule has 2 rings (SSSR count). The summed E-state index contributed by atoms with van der Waals surface area (Å²) in [6, 6.07) is 2.12.